The molecule has 3 rings (SSSR count). The van der Waals surface area contributed by atoms with Gasteiger partial charge in [-0.25, -0.2) is 4.39 Å². The zero-order chi connectivity index (χ0) is 17.1. The molecule has 2 aromatic carbocycles. The molecule has 24 heavy (non-hydrogen) atoms. The average molecular weight is 329 g/mol. The number of ether oxygens (including phenoxy) is 1. The Morgan fingerprint density at radius 3 is 2.71 bits per heavy atom. The van der Waals surface area contributed by atoms with Crippen molar-refractivity contribution in [2.45, 2.75) is 18.4 Å². The molecule has 1 heterocycles. The summed E-state index contributed by atoms with van der Waals surface area (Å²) in [6, 6.07) is 12.8. The summed E-state index contributed by atoms with van der Waals surface area (Å²) in [7, 11) is 0. The molecule has 2 N–H and O–H groups in total. The van der Waals surface area contributed by atoms with Crippen LogP contribution in [0.1, 0.15) is 17.0 Å². The third-order valence-corrected chi connectivity index (χ3v) is 3.97. The van der Waals surface area contributed by atoms with E-state index in [1.165, 1.54) is 18.2 Å². The molecule has 1 aliphatic rings. The van der Waals surface area contributed by atoms with Crippen molar-refractivity contribution in [1.82, 2.24) is 5.32 Å². The molecule has 2 atom stereocenters. The van der Waals surface area contributed by atoms with E-state index in [0.29, 0.717) is 16.9 Å². The van der Waals surface area contributed by atoms with Gasteiger partial charge in [0.25, 0.3) is 5.91 Å². The fraction of sp³-hybridized carbons (Fsp3) is 0.222. The van der Waals surface area contributed by atoms with Crippen molar-refractivity contribution >= 4 is 11.9 Å². The number of amides is 1. The lowest BCUT2D eigenvalue weighted by molar-refractivity contribution is -0.138. The van der Waals surface area contributed by atoms with Gasteiger partial charge in [-0.1, -0.05) is 30.3 Å². The molecule has 0 bridgehead atoms. The molecule has 0 aliphatic carbocycles. The van der Waals surface area contributed by atoms with Crippen LogP contribution in [0.4, 0.5) is 4.39 Å². The van der Waals surface area contributed by atoms with Crippen LogP contribution in [0.25, 0.3) is 0 Å². The van der Waals surface area contributed by atoms with Gasteiger partial charge >= 0.3 is 5.97 Å². The SMILES string of the molecule is O=C(NCC(C(=O)O)c1ccccc1)C1Cc2cc(F)ccc2O1. The largest absolute Gasteiger partial charge is 0.481 e. The van der Waals surface area contributed by atoms with E-state index >= 15 is 0 Å². The first-order chi connectivity index (χ1) is 11.5. The number of carbonyl (C=O) groups excluding carboxylic acids is 1. The third kappa shape index (κ3) is 3.37. The molecule has 0 saturated heterocycles. The average Bonchev–Trinajstić information content (AvgIpc) is 2.98. The number of carbonyl (C=O) groups is 2. The van der Waals surface area contributed by atoms with Crippen LogP contribution in [-0.4, -0.2) is 29.6 Å². The van der Waals surface area contributed by atoms with Crippen molar-refractivity contribution in [2.75, 3.05) is 6.54 Å². The van der Waals surface area contributed by atoms with E-state index in [0.717, 1.165) is 0 Å². The van der Waals surface area contributed by atoms with Gasteiger partial charge in [-0.15, -0.1) is 0 Å². The van der Waals surface area contributed by atoms with Crippen LogP contribution in [0.15, 0.2) is 48.5 Å². The minimum atomic E-state index is -1.01. The monoisotopic (exact) mass is 329 g/mol. The van der Waals surface area contributed by atoms with E-state index in [1.54, 1.807) is 30.3 Å². The minimum absolute atomic E-state index is 0.0389. The number of aliphatic carboxylic acids is 1. The van der Waals surface area contributed by atoms with E-state index in [2.05, 4.69) is 5.32 Å². The summed E-state index contributed by atoms with van der Waals surface area (Å²) < 4.78 is 18.7. The van der Waals surface area contributed by atoms with Crippen LogP contribution in [0.5, 0.6) is 5.75 Å². The van der Waals surface area contributed by atoms with Crippen molar-refractivity contribution in [2.24, 2.45) is 0 Å². The standard InChI is InChI=1S/C18H16FNO4/c19-13-6-7-15-12(8-13)9-16(24-15)17(21)20-10-14(18(22)23)11-4-2-1-3-5-11/h1-8,14,16H,9-10H2,(H,20,21)(H,22,23). The molecular weight excluding hydrogens is 313 g/mol. The van der Waals surface area contributed by atoms with Crippen molar-refractivity contribution in [3.63, 3.8) is 0 Å². The summed E-state index contributed by atoms with van der Waals surface area (Å²) in [5, 5.41) is 12.0. The predicted octanol–water partition coefficient (Wildman–Crippen LogP) is 2.11. The van der Waals surface area contributed by atoms with Crippen LogP contribution in [0.2, 0.25) is 0 Å². The van der Waals surface area contributed by atoms with E-state index in [9.17, 15) is 19.1 Å². The van der Waals surface area contributed by atoms with Gasteiger partial charge in [-0.3, -0.25) is 9.59 Å². The lowest BCUT2D eigenvalue weighted by Crippen LogP contribution is -2.40. The molecule has 0 radical (unpaired) electrons. The second-order valence-electron chi connectivity index (χ2n) is 5.61. The fourth-order valence-electron chi connectivity index (χ4n) is 2.71. The minimum Gasteiger partial charge on any atom is -0.481 e. The summed E-state index contributed by atoms with van der Waals surface area (Å²) in [5.74, 6) is -2.16. The molecular formula is C18H16FNO4. The van der Waals surface area contributed by atoms with Gasteiger partial charge in [0.1, 0.15) is 11.6 Å². The molecule has 2 unspecified atom stereocenters. The Kier molecular flexibility index (Phi) is 4.46. The summed E-state index contributed by atoms with van der Waals surface area (Å²) in [6.45, 7) is -0.0389. The van der Waals surface area contributed by atoms with Gasteiger partial charge < -0.3 is 15.2 Å². The Hall–Kier alpha value is -2.89. The lowest BCUT2D eigenvalue weighted by atomic mass is 9.99. The Morgan fingerprint density at radius 1 is 1.25 bits per heavy atom. The second kappa shape index (κ2) is 6.70. The molecule has 0 fully saturated rings. The first kappa shape index (κ1) is 16.0. The van der Waals surface area contributed by atoms with Crippen LogP contribution in [0.3, 0.4) is 0 Å². The maximum atomic E-state index is 13.2. The molecule has 0 aromatic heterocycles. The highest BCUT2D eigenvalue weighted by Gasteiger charge is 2.30. The predicted molar refractivity (Wildman–Crippen MR) is 84.3 cm³/mol. The zero-order valence-corrected chi connectivity index (χ0v) is 12.7. The number of hydrogen-bond acceptors (Lipinski definition) is 3. The Labute approximate surface area is 138 Å². The van der Waals surface area contributed by atoms with Crippen LogP contribution in [0, 0.1) is 5.82 Å². The number of carboxylic acid groups (broad SMARTS) is 1. The maximum absolute atomic E-state index is 13.2. The van der Waals surface area contributed by atoms with E-state index < -0.39 is 23.9 Å². The smallest absolute Gasteiger partial charge is 0.312 e. The van der Waals surface area contributed by atoms with Gasteiger partial charge in [-0.2, -0.15) is 0 Å². The molecule has 6 heteroatoms. The highest BCUT2D eigenvalue weighted by Crippen LogP contribution is 2.29. The second-order valence-corrected chi connectivity index (χ2v) is 5.61. The van der Waals surface area contributed by atoms with Crippen LogP contribution < -0.4 is 10.1 Å². The molecule has 2 aromatic rings. The summed E-state index contributed by atoms with van der Waals surface area (Å²) in [5.41, 5.74) is 1.25. The Morgan fingerprint density at radius 2 is 2.00 bits per heavy atom. The van der Waals surface area contributed by atoms with Crippen molar-refractivity contribution in [1.29, 1.82) is 0 Å². The number of halogens is 1. The van der Waals surface area contributed by atoms with Gasteiger partial charge in [0.05, 0.1) is 5.92 Å². The van der Waals surface area contributed by atoms with Crippen molar-refractivity contribution < 1.29 is 23.8 Å². The van der Waals surface area contributed by atoms with E-state index in [4.69, 9.17) is 4.74 Å². The number of nitrogens with one attached hydrogen (secondary N) is 1. The summed E-state index contributed by atoms with van der Waals surface area (Å²) >= 11 is 0. The first-order valence-corrected chi connectivity index (χ1v) is 7.55. The van der Waals surface area contributed by atoms with E-state index in [1.807, 2.05) is 0 Å². The van der Waals surface area contributed by atoms with Gasteiger partial charge in [0.15, 0.2) is 6.10 Å². The summed E-state index contributed by atoms with van der Waals surface area (Å²) in [4.78, 5) is 23.7. The molecule has 0 spiro atoms. The Bertz CT molecular complexity index is 763. The molecule has 5 nitrogen and oxygen atoms in total. The van der Waals surface area contributed by atoms with Gasteiger partial charge in [0, 0.05) is 18.5 Å². The zero-order valence-electron chi connectivity index (χ0n) is 12.7. The number of benzene rings is 2. The first-order valence-electron chi connectivity index (χ1n) is 7.55. The number of fused-ring (bicyclic) bond motifs is 1. The van der Waals surface area contributed by atoms with Gasteiger partial charge in [0.2, 0.25) is 0 Å². The number of carboxylic acids is 1. The fourth-order valence-corrected chi connectivity index (χ4v) is 2.71. The Balaban J connectivity index is 1.62. The number of rotatable bonds is 5. The summed E-state index contributed by atoms with van der Waals surface area (Å²) in [6.07, 6.45) is -0.505. The van der Waals surface area contributed by atoms with Crippen LogP contribution in [-0.2, 0) is 16.0 Å². The van der Waals surface area contributed by atoms with Gasteiger partial charge in [-0.05, 0) is 23.8 Å². The van der Waals surface area contributed by atoms with Crippen molar-refractivity contribution in [3.05, 3.63) is 65.5 Å². The highest BCUT2D eigenvalue weighted by molar-refractivity contribution is 5.84. The quantitative estimate of drug-likeness (QED) is 0.881. The molecule has 1 amide bonds. The van der Waals surface area contributed by atoms with Crippen molar-refractivity contribution in [3.8, 4) is 5.75 Å². The maximum Gasteiger partial charge on any atom is 0.312 e. The number of hydrogen-bond donors (Lipinski definition) is 2. The third-order valence-electron chi connectivity index (χ3n) is 3.97. The molecule has 0 saturated carbocycles. The molecule has 1 aliphatic heterocycles. The molecule has 124 valence electrons. The normalized spacial score (nSPS) is 16.8. The van der Waals surface area contributed by atoms with Crippen LogP contribution >= 0.6 is 0 Å². The van der Waals surface area contributed by atoms with E-state index in [-0.39, 0.29) is 18.8 Å². The highest BCUT2D eigenvalue weighted by atomic mass is 19.1. The lowest BCUT2D eigenvalue weighted by Gasteiger charge is -2.16. The topological polar surface area (TPSA) is 75.6 Å².